The monoisotopic (exact) mass is 256 g/mol. The van der Waals surface area contributed by atoms with Gasteiger partial charge in [0.25, 0.3) is 0 Å². The number of rotatable bonds is 8. The molecule has 0 radical (unpaired) electrons. The Labute approximate surface area is 106 Å². The van der Waals surface area contributed by atoms with Gasteiger partial charge in [0.1, 0.15) is 0 Å². The molecule has 8 nitrogen and oxygen atoms in total. The van der Waals surface area contributed by atoms with Gasteiger partial charge in [-0.2, -0.15) is 15.0 Å². The lowest BCUT2D eigenvalue weighted by Crippen LogP contribution is -2.24. The van der Waals surface area contributed by atoms with Crippen molar-refractivity contribution in [3.63, 3.8) is 0 Å². The van der Waals surface area contributed by atoms with Crippen LogP contribution in [0, 0.1) is 0 Å². The Morgan fingerprint density at radius 1 is 1.17 bits per heavy atom. The Hall–Kier alpha value is -1.67. The van der Waals surface area contributed by atoms with E-state index in [1.54, 1.807) is 0 Å². The van der Waals surface area contributed by atoms with Crippen LogP contribution in [0.4, 0.5) is 11.9 Å². The van der Waals surface area contributed by atoms with Gasteiger partial charge in [-0.1, -0.05) is 0 Å². The van der Waals surface area contributed by atoms with Crippen molar-refractivity contribution < 1.29 is 9.47 Å². The van der Waals surface area contributed by atoms with Crippen LogP contribution in [-0.2, 0) is 4.74 Å². The van der Waals surface area contributed by atoms with Crippen molar-refractivity contribution in [3.8, 4) is 6.01 Å². The van der Waals surface area contributed by atoms with Crippen molar-refractivity contribution in [2.45, 2.75) is 26.8 Å². The van der Waals surface area contributed by atoms with Crippen molar-refractivity contribution in [1.29, 1.82) is 0 Å². The van der Waals surface area contributed by atoms with E-state index in [1.807, 2.05) is 20.8 Å². The molecule has 0 spiro atoms. The van der Waals surface area contributed by atoms with Gasteiger partial charge in [-0.25, -0.2) is 5.84 Å². The second-order valence-corrected chi connectivity index (χ2v) is 3.55. The zero-order valence-electron chi connectivity index (χ0n) is 10.9. The van der Waals surface area contributed by atoms with Gasteiger partial charge in [-0.15, -0.1) is 0 Å². The summed E-state index contributed by atoms with van der Waals surface area (Å²) < 4.78 is 10.5. The molecule has 0 fully saturated rings. The number of nitrogens with one attached hydrogen (secondary N) is 2. The predicted molar refractivity (Wildman–Crippen MR) is 68.4 cm³/mol. The van der Waals surface area contributed by atoms with Crippen molar-refractivity contribution in [3.05, 3.63) is 0 Å². The molecular weight excluding hydrogens is 236 g/mol. The summed E-state index contributed by atoms with van der Waals surface area (Å²) in [5.41, 5.74) is 2.37. The third-order valence-electron chi connectivity index (χ3n) is 1.96. The number of hydrogen-bond donors (Lipinski definition) is 3. The summed E-state index contributed by atoms with van der Waals surface area (Å²) in [6.07, 6.45) is 0. The molecule has 1 atom stereocenters. The molecule has 18 heavy (non-hydrogen) atoms. The maximum atomic E-state index is 5.30. The van der Waals surface area contributed by atoms with Crippen LogP contribution in [0.2, 0.25) is 0 Å². The highest BCUT2D eigenvalue weighted by Crippen LogP contribution is 2.11. The molecule has 0 saturated carbocycles. The van der Waals surface area contributed by atoms with Crippen LogP contribution in [0.1, 0.15) is 20.8 Å². The van der Waals surface area contributed by atoms with Crippen LogP contribution in [0.15, 0.2) is 0 Å². The van der Waals surface area contributed by atoms with E-state index in [1.165, 1.54) is 0 Å². The highest BCUT2D eigenvalue weighted by atomic mass is 16.5. The van der Waals surface area contributed by atoms with Crippen molar-refractivity contribution in [1.82, 2.24) is 15.0 Å². The normalized spacial score (nSPS) is 12.0. The third-order valence-corrected chi connectivity index (χ3v) is 1.96. The highest BCUT2D eigenvalue weighted by molar-refractivity contribution is 5.35. The molecule has 1 heterocycles. The van der Waals surface area contributed by atoms with E-state index in [9.17, 15) is 0 Å². The van der Waals surface area contributed by atoms with E-state index in [4.69, 9.17) is 15.3 Å². The van der Waals surface area contributed by atoms with Gasteiger partial charge in [0.2, 0.25) is 11.9 Å². The van der Waals surface area contributed by atoms with Gasteiger partial charge in [0.05, 0.1) is 13.2 Å². The van der Waals surface area contributed by atoms with Gasteiger partial charge >= 0.3 is 6.01 Å². The molecule has 1 rings (SSSR count). The van der Waals surface area contributed by atoms with E-state index < -0.39 is 0 Å². The van der Waals surface area contributed by atoms with Gasteiger partial charge in [-0.05, 0) is 20.8 Å². The maximum absolute atomic E-state index is 5.30. The molecule has 4 N–H and O–H groups in total. The van der Waals surface area contributed by atoms with Crippen LogP contribution in [0.5, 0.6) is 6.01 Å². The summed E-state index contributed by atoms with van der Waals surface area (Å²) in [6, 6.07) is 0.305. The smallest absolute Gasteiger partial charge is 0.323 e. The Bertz CT molecular complexity index is 362. The van der Waals surface area contributed by atoms with Crippen molar-refractivity contribution in [2.75, 3.05) is 30.6 Å². The molecule has 1 aromatic rings. The minimum Gasteiger partial charge on any atom is -0.464 e. The molecule has 1 unspecified atom stereocenters. The number of hydrogen-bond acceptors (Lipinski definition) is 8. The first-order valence-corrected chi connectivity index (χ1v) is 5.89. The first-order valence-electron chi connectivity index (χ1n) is 5.89. The van der Waals surface area contributed by atoms with E-state index in [0.717, 1.165) is 0 Å². The fourth-order valence-corrected chi connectivity index (χ4v) is 1.24. The van der Waals surface area contributed by atoms with Gasteiger partial charge in [0, 0.05) is 12.6 Å². The number of hydrazine groups is 1. The molecular formula is C10H20N6O2. The first-order chi connectivity index (χ1) is 8.69. The highest BCUT2D eigenvalue weighted by Gasteiger charge is 2.09. The Kier molecular flexibility index (Phi) is 6.09. The lowest BCUT2D eigenvalue weighted by molar-refractivity contribution is 0.141. The van der Waals surface area contributed by atoms with Gasteiger partial charge in [-0.3, -0.25) is 5.43 Å². The summed E-state index contributed by atoms with van der Waals surface area (Å²) in [7, 11) is 0. The number of nitrogens with two attached hydrogens (primary N) is 1. The number of nitrogens with zero attached hydrogens (tertiary/aromatic N) is 3. The molecule has 0 aliphatic heterocycles. The Morgan fingerprint density at radius 2 is 1.89 bits per heavy atom. The van der Waals surface area contributed by atoms with Crippen LogP contribution < -0.4 is 21.3 Å². The molecule has 0 aliphatic carbocycles. The zero-order chi connectivity index (χ0) is 13.4. The SMILES string of the molecule is CCOCC(C)Nc1nc(NN)nc(OCC)n1. The second kappa shape index (κ2) is 7.62. The van der Waals surface area contributed by atoms with Crippen molar-refractivity contribution >= 4 is 11.9 Å². The Morgan fingerprint density at radius 3 is 2.50 bits per heavy atom. The molecule has 0 saturated heterocycles. The van der Waals surface area contributed by atoms with Gasteiger partial charge in [0.15, 0.2) is 0 Å². The average molecular weight is 256 g/mol. The van der Waals surface area contributed by atoms with Crippen LogP contribution in [0.25, 0.3) is 0 Å². The molecule has 0 bridgehead atoms. The van der Waals surface area contributed by atoms with Crippen molar-refractivity contribution in [2.24, 2.45) is 5.84 Å². The first kappa shape index (κ1) is 14.4. The molecule has 1 aromatic heterocycles. The molecule has 8 heteroatoms. The molecule has 102 valence electrons. The van der Waals surface area contributed by atoms with Gasteiger partial charge < -0.3 is 14.8 Å². The largest absolute Gasteiger partial charge is 0.464 e. The van der Waals surface area contributed by atoms with E-state index in [-0.39, 0.29) is 18.0 Å². The third kappa shape index (κ3) is 4.68. The standard InChI is InChI=1S/C10H20N6O2/c1-4-17-6-7(3)12-8-13-9(16-11)15-10(14-8)18-5-2/h7H,4-6,11H2,1-3H3,(H2,12,13,14,15,16). The van der Waals surface area contributed by atoms with Crippen LogP contribution in [0.3, 0.4) is 0 Å². The van der Waals surface area contributed by atoms with Crippen LogP contribution >= 0.6 is 0 Å². The zero-order valence-corrected chi connectivity index (χ0v) is 10.9. The lowest BCUT2D eigenvalue weighted by atomic mass is 10.4. The minimum absolute atomic E-state index is 0.0763. The summed E-state index contributed by atoms with van der Waals surface area (Å²) in [6.45, 7) is 7.47. The summed E-state index contributed by atoms with van der Waals surface area (Å²) in [4.78, 5) is 12.1. The predicted octanol–water partition coefficient (Wildman–Crippen LogP) is 0.393. The number of ether oxygens (including phenoxy) is 2. The number of aromatic nitrogens is 3. The molecule has 0 aromatic carbocycles. The number of anilines is 2. The maximum Gasteiger partial charge on any atom is 0.323 e. The summed E-state index contributed by atoms with van der Waals surface area (Å²) in [5.74, 6) is 5.93. The van der Waals surface area contributed by atoms with E-state index in [2.05, 4.69) is 25.7 Å². The fourth-order valence-electron chi connectivity index (χ4n) is 1.24. The molecule has 0 amide bonds. The second-order valence-electron chi connectivity index (χ2n) is 3.55. The molecule has 0 aliphatic rings. The quantitative estimate of drug-likeness (QED) is 0.453. The fraction of sp³-hybridized carbons (Fsp3) is 0.700. The summed E-state index contributed by atoms with van der Waals surface area (Å²) >= 11 is 0. The minimum atomic E-state index is 0.0763. The lowest BCUT2D eigenvalue weighted by Gasteiger charge is -2.14. The topological polar surface area (TPSA) is 107 Å². The summed E-state index contributed by atoms with van der Waals surface area (Å²) in [5, 5.41) is 3.09. The van der Waals surface area contributed by atoms with Crippen LogP contribution in [-0.4, -0.2) is 40.8 Å². The van der Waals surface area contributed by atoms with E-state index >= 15 is 0 Å². The number of nitrogen functional groups attached to an aromatic ring is 1. The Balaban J connectivity index is 2.71. The average Bonchev–Trinajstić information content (AvgIpc) is 2.36. The van der Waals surface area contributed by atoms with E-state index in [0.29, 0.717) is 25.8 Å².